The van der Waals surface area contributed by atoms with Crippen LogP contribution in [0.5, 0.6) is 0 Å². The molecule has 5 heteroatoms. The van der Waals surface area contributed by atoms with E-state index in [1.165, 1.54) is 7.11 Å². The van der Waals surface area contributed by atoms with Crippen molar-refractivity contribution in [3.63, 3.8) is 0 Å². The van der Waals surface area contributed by atoms with Crippen LogP contribution in [0.3, 0.4) is 0 Å². The van der Waals surface area contributed by atoms with E-state index in [0.717, 1.165) is 6.54 Å². The fraction of sp³-hybridized carbons (Fsp3) is 0.833. The Balaban J connectivity index is 2.57. The van der Waals surface area contributed by atoms with E-state index in [2.05, 4.69) is 41.4 Å². The van der Waals surface area contributed by atoms with Gasteiger partial charge in [-0.05, 0) is 11.3 Å². The van der Waals surface area contributed by atoms with E-state index in [9.17, 15) is 9.59 Å². The first-order chi connectivity index (χ1) is 7.75. The molecular formula is C12H20BrNO3. The van der Waals surface area contributed by atoms with Crippen molar-refractivity contribution in [2.24, 2.45) is 11.3 Å². The largest absolute Gasteiger partial charge is 0.468 e. The minimum absolute atomic E-state index is 0.123. The van der Waals surface area contributed by atoms with Crippen LogP contribution in [-0.2, 0) is 14.3 Å². The van der Waals surface area contributed by atoms with Crippen molar-refractivity contribution >= 4 is 27.8 Å². The van der Waals surface area contributed by atoms with Gasteiger partial charge in [0.05, 0.1) is 7.11 Å². The highest BCUT2D eigenvalue weighted by molar-refractivity contribution is 9.10. The van der Waals surface area contributed by atoms with E-state index in [4.69, 9.17) is 0 Å². The summed E-state index contributed by atoms with van der Waals surface area (Å²) in [5.74, 6) is 0.141. The van der Waals surface area contributed by atoms with Gasteiger partial charge in [0.25, 0.3) is 0 Å². The lowest BCUT2D eigenvalue weighted by molar-refractivity contribution is -0.140. The molecule has 1 aliphatic rings. The molecule has 0 radical (unpaired) electrons. The highest BCUT2D eigenvalue weighted by Crippen LogP contribution is 2.34. The zero-order chi connectivity index (χ0) is 13.2. The summed E-state index contributed by atoms with van der Waals surface area (Å²) in [5, 5.41) is 0. The molecule has 0 bridgehead atoms. The van der Waals surface area contributed by atoms with Crippen molar-refractivity contribution in [3.8, 4) is 0 Å². The zero-order valence-electron chi connectivity index (χ0n) is 10.8. The smallest absolute Gasteiger partial charge is 0.321 e. The molecule has 2 unspecified atom stereocenters. The van der Waals surface area contributed by atoms with Crippen LogP contribution in [0.1, 0.15) is 27.2 Å². The molecule has 1 heterocycles. The Labute approximate surface area is 111 Å². The van der Waals surface area contributed by atoms with Crippen molar-refractivity contribution in [1.82, 2.24) is 4.90 Å². The fourth-order valence-corrected chi connectivity index (χ4v) is 2.46. The van der Waals surface area contributed by atoms with Gasteiger partial charge >= 0.3 is 5.97 Å². The molecule has 1 amide bonds. The number of rotatable bonds is 3. The summed E-state index contributed by atoms with van der Waals surface area (Å²) in [6.45, 7) is 7.53. The SMILES string of the molecule is COC(=O)C(Br)CN1CC(C(C)(C)C)CC1=O. The lowest BCUT2D eigenvalue weighted by Crippen LogP contribution is -2.36. The predicted octanol–water partition coefficient (Wildman–Crippen LogP) is 1.82. The standard InChI is InChI=1S/C12H20BrNO3/c1-12(2,3)8-5-10(15)14(6-8)7-9(13)11(16)17-4/h8-9H,5-7H2,1-4H3. The van der Waals surface area contributed by atoms with Crippen molar-refractivity contribution in [1.29, 1.82) is 0 Å². The molecule has 0 aromatic rings. The van der Waals surface area contributed by atoms with Crippen molar-refractivity contribution in [2.45, 2.75) is 32.0 Å². The first-order valence-corrected chi connectivity index (χ1v) is 6.67. The lowest BCUT2D eigenvalue weighted by atomic mass is 9.80. The third kappa shape index (κ3) is 3.69. The Hall–Kier alpha value is -0.580. The Kier molecular flexibility index (Phi) is 4.58. The average Bonchev–Trinajstić information content (AvgIpc) is 2.58. The summed E-state index contributed by atoms with van der Waals surface area (Å²) >= 11 is 3.24. The number of hydrogen-bond acceptors (Lipinski definition) is 3. The minimum Gasteiger partial charge on any atom is -0.468 e. The molecular weight excluding hydrogens is 286 g/mol. The molecule has 1 saturated heterocycles. The van der Waals surface area contributed by atoms with Crippen molar-refractivity contribution in [2.75, 3.05) is 20.2 Å². The van der Waals surface area contributed by atoms with Crippen LogP contribution >= 0.6 is 15.9 Å². The van der Waals surface area contributed by atoms with Crippen LogP contribution in [-0.4, -0.2) is 41.8 Å². The van der Waals surface area contributed by atoms with Gasteiger partial charge in [0, 0.05) is 19.5 Å². The number of carbonyl (C=O) groups is 2. The summed E-state index contributed by atoms with van der Waals surface area (Å²) < 4.78 is 4.63. The van der Waals surface area contributed by atoms with E-state index >= 15 is 0 Å². The van der Waals surface area contributed by atoms with Gasteiger partial charge < -0.3 is 9.64 Å². The number of halogens is 1. The summed E-state index contributed by atoms with van der Waals surface area (Å²) in [6.07, 6.45) is 0.574. The predicted molar refractivity (Wildman–Crippen MR) is 68.9 cm³/mol. The van der Waals surface area contributed by atoms with E-state index in [1.54, 1.807) is 4.90 Å². The molecule has 1 fully saturated rings. The summed E-state index contributed by atoms with van der Waals surface area (Å²) in [4.78, 5) is 24.4. The van der Waals surface area contributed by atoms with Gasteiger partial charge in [0.2, 0.25) is 5.91 Å². The number of nitrogens with zero attached hydrogens (tertiary/aromatic N) is 1. The third-order valence-corrected chi connectivity index (χ3v) is 3.94. The van der Waals surface area contributed by atoms with Gasteiger partial charge in [0.1, 0.15) is 4.83 Å². The lowest BCUT2D eigenvalue weighted by Gasteiger charge is -2.26. The summed E-state index contributed by atoms with van der Waals surface area (Å²) in [7, 11) is 1.35. The monoisotopic (exact) mass is 305 g/mol. The molecule has 1 rings (SSSR count). The number of likely N-dealkylation sites (tertiary alicyclic amines) is 1. The maximum atomic E-state index is 11.8. The fourth-order valence-electron chi connectivity index (χ4n) is 1.92. The highest BCUT2D eigenvalue weighted by Gasteiger charge is 2.37. The number of amides is 1. The molecule has 17 heavy (non-hydrogen) atoms. The molecule has 4 nitrogen and oxygen atoms in total. The Morgan fingerprint density at radius 3 is 2.59 bits per heavy atom. The van der Waals surface area contributed by atoms with Crippen LogP contribution in [0.2, 0.25) is 0 Å². The van der Waals surface area contributed by atoms with E-state index in [-0.39, 0.29) is 17.3 Å². The number of hydrogen-bond donors (Lipinski definition) is 0. The van der Waals surface area contributed by atoms with Gasteiger partial charge in [-0.15, -0.1) is 0 Å². The van der Waals surface area contributed by atoms with Crippen LogP contribution in [0, 0.1) is 11.3 Å². The van der Waals surface area contributed by atoms with E-state index in [0.29, 0.717) is 18.9 Å². The Morgan fingerprint density at radius 2 is 2.18 bits per heavy atom. The van der Waals surface area contributed by atoms with Gasteiger partial charge in [-0.25, -0.2) is 0 Å². The van der Waals surface area contributed by atoms with Gasteiger partial charge in [0.15, 0.2) is 0 Å². The number of carbonyl (C=O) groups excluding carboxylic acids is 2. The maximum Gasteiger partial charge on any atom is 0.321 e. The van der Waals surface area contributed by atoms with Gasteiger partial charge in [-0.2, -0.15) is 0 Å². The molecule has 0 spiro atoms. The average molecular weight is 306 g/mol. The second-order valence-corrected chi connectivity index (χ2v) is 6.66. The molecule has 0 saturated carbocycles. The normalized spacial score (nSPS) is 22.8. The Bertz CT molecular complexity index is 311. The molecule has 1 aliphatic heterocycles. The molecule has 0 aliphatic carbocycles. The van der Waals surface area contributed by atoms with Gasteiger partial charge in [-0.3, -0.25) is 9.59 Å². The number of alkyl halides is 1. The molecule has 2 atom stereocenters. The van der Waals surface area contributed by atoms with Crippen LogP contribution < -0.4 is 0 Å². The topological polar surface area (TPSA) is 46.6 Å². The summed E-state index contributed by atoms with van der Waals surface area (Å²) in [5.41, 5.74) is 0.123. The second-order valence-electron chi connectivity index (χ2n) is 5.56. The minimum atomic E-state index is -0.435. The number of methoxy groups -OCH3 is 1. The molecule has 0 aromatic heterocycles. The van der Waals surface area contributed by atoms with Crippen molar-refractivity contribution in [3.05, 3.63) is 0 Å². The summed E-state index contributed by atoms with van der Waals surface area (Å²) in [6, 6.07) is 0. The molecule has 98 valence electrons. The second kappa shape index (κ2) is 5.38. The van der Waals surface area contributed by atoms with E-state index in [1.807, 2.05) is 0 Å². The van der Waals surface area contributed by atoms with E-state index < -0.39 is 4.83 Å². The number of esters is 1. The maximum absolute atomic E-state index is 11.8. The highest BCUT2D eigenvalue weighted by atomic mass is 79.9. The van der Waals surface area contributed by atoms with Gasteiger partial charge in [-0.1, -0.05) is 36.7 Å². The van der Waals surface area contributed by atoms with Crippen LogP contribution in [0.25, 0.3) is 0 Å². The molecule has 0 N–H and O–H groups in total. The van der Waals surface area contributed by atoms with Crippen LogP contribution in [0.15, 0.2) is 0 Å². The Morgan fingerprint density at radius 1 is 1.59 bits per heavy atom. The first kappa shape index (κ1) is 14.5. The zero-order valence-corrected chi connectivity index (χ0v) is 12.4. The number of ether oxygens (including phenoxy) is 1. The molecule has 0 aromatic carbocycles. The van der Waals surface area contributed by atoms with Crippen LogP contribution in [0.4, 0.5) is 0 Å². The quantitative estimate of drug-likeness (QED) is 0.590. The van der Waals surface area contributed by atoms with Crippen molar-refractivity contribution < 1.29 is 14.3 Å². The first-order valence-electron chi connectivity index (χ1n) is 5.75. The third-order valence-electron chi connectivity index (χ3n) is 3.28.